The predicted molar refractivity (Wildman–Crippen MR) is 226 cm³/mol. The lowest BCUT2D eigenvalue weighted by molar-refractivity contribution is -0.126. The van der Waals surface area contributed by atoms with Crippen molar-refractivity contribution in [1.82, 2.24) is 21.3 Å². The topological polar surface area (TPSA) is 168 Å². The fraction of sp³-hybridized carbons (Fsp3) is 0.844. The van der Waals surface area contributed by atoms with E-state index >= 15 is 0 Å². The Morgan fingerprint density at radius 3 is 1.11 bits per heavy atom. The average molecular weight is 791 g/mol. The highest BCUT2D eigenvalue weighted by Gasteiger charge is 2.33. The second kappa shape index (κ2) is 25.3. The van der Waals surface area contributed by atoms with E-state index in [1.54, 1.807) is 0 Å². The van der Waals surface area contributed by atoms with Gasteiger partial charge >= 0.3 is 0 Å². The van der Waals surface area contributed by atoms with E-state index in [0.717, 1.165) is 0 Å². The summed E-state index contributed by atoms with van der Waals surface area (Å²) in [5, 5.41) is 12.0. The average Bonchev–Trinajstić information content (AvgIpc) is 2.99. The molecule has 0 saturated heterocycles. The van der Waals surface area contributed by atoms with Crippen LogP contribution in [0.1, 0.15) is 199 Å². The maximum absolute atomic E-state index is 13.5. The van der Waals surface area contributed by atoms with Crippen molar-refractivity contribution in [3.63, 3.8) is 0 Å². The summed E-state index contributed by atoms with van der Waals surface area (Å²) in [6, 6.07) is 0. The Morgan fingerprint density at radius 1 is 0.339 bits per heavy atom. The van der Waals surface area contributed by atoms with Crippen LogP contribution in [0.2, 0.25) is 0 Å². The molecular weight excluding hydrogens is 709 g/mol. The molecule has 0 aliphatic rings. The van der Waals surface area contributed by atoms with Crippen molar-refractivity contribution in [2.75, 3.05) is 19.6 Å². The number of Topliss-reactive ketones (excluding diaryl/α,β-unsaturated/α-hetero) is 3. The molecular formula is C45H82N4O7. The molecule has 4 amide bonds. The minimum atomic E-state index is -0.792. The van der Waals surface area contributed by atoms with E-state index in [9.17, 15) is 33.6 Å². The highest BCUT2D eigenvalue weighted by molar-refractivity contribution is 5.81. The molecule has 0 aliphatic heterocycles. The molecule has 0 radical (unpaired) electrons. The molecule has 0 spiro atoms. The molecule has 0 aromatic rings. The number of ketones is 3. The zero-order chi connectivity index (χ0) is 43.2. The van der Waals surface area contributed by atoms with E-state index in [1.165, 1.54) is 0 Å². The van der Waals surface area contributed by atoms with E-state index in [1.807, 2.05) is 83.1 Å². The Balaban J connectivity index is 5.64. The van der Waals surface area contributed by atoms with Crippen molar-refractivity contribution in [1.29, 1.82) is 0 Å². The summed E-state index contributed by atoms with van der Waals surface area (Å²) in [6.07, 6.45) is 7.37. The molecule has 0 aliphatic carbocycles. The third kappa shape index (κ3) is 32.0. The van der Waals surface area contributed by atoms with E-state index < -0.39 is 5.54 Å². The molecule has 4 N–H and O–H groups in total. The lowest BCUT2D eigenvalue weighted by Gasteiger charge is -2.36. The third-order valence-corrected chi connectivity index (χ3v) is 9.12. The van der Waals surface area contributed by atoms with Crippen LogP contribution in [0.3, 0.4) is 0 Å². The molecule has 0 saturated carbocycles. The zero-order valence-corrected chi connectivity index (χ0v) is 37.7. The highest BCUT2D eigenvalue weighted by atomic mass is 16.2. The van der Waals surface area contributed by atoms with Crippen LogP contribution in [0.25, 0.3) is 0 Å². The van der Waals surface area contributed by atoms with Crippen LogP contribution < -0.4 is 21.3 Å². The number of rotatable bonds is 28. The van der Waals surface area contributed by atoms with E-state index in [-0.39, 0.29) is 81.9 Å². The van der Waals surface area contributed by atoms with Crippen LogP contribution in [0.15, 0.2) is 0 Å². The largest absolute Gasteiger partial charge is 0.356 e. The van der Waals surface area contributed by atoms with Crippen LogP contribution in [-0.4, -0.2) is 66.2 Å². The minimum Gasteiger partial charge on any atom is -0.356 e. The van der Waals surface area contributed by atoms with E-state index in [0.29, 0.717) is 116 Å². The molecule has 56 heavy (non-hydrogen) atoms. The van der Waals surface area contributed by atoms with E-state index in [4.69, 9.17) is 0 Å². The monoisotopic (exact) mass is 791 g/mol. The van der Waals surface area contributed by atoms with Gasteiger partial charge < -0.3 is 21.3 Å². The van der Waals surface area contributed by atoms with Gasteiger partial charge in [0.15, 0.2) is 0 Å². The first-order chi connectivity index (χ1) is 25.6. The lowest BCUT2D eigenvalue weighted by atomic mass is 9.80. The second-order valence-corrected chi connectivity index (χ2v) is 21.0. The number of nitrogens with one attached hydrogen (secondary N) is 4. The first kappa shape index (κ1) is 52.9. The van der Waals surface area contributed by atoms with Crippen molar-refractivity contribution in [3.8, 4) is 0 Å². The van der Waals surface area contributed by atoms with Gasteiger partial charge in [-0.05, 0) is 73.0 Å². The van der Waals surface area contributed by atoms with Gasteiger partial charge in [0.05, 0.1) is 0 Å². The van der Waals surface area contributed by atoms with Crippen molar-refractivity contribution in [2.45, 2.75) is 204 Å². The first-order valence-corrected chi connectivity index (χ1v) is 21.2. The van der Waals surface area contributed by atoms with Crippen molar-refractivity contribution in [3.05, 3.63) is 0 Å². The second-order valence-electron chi connectivity index (χ2n) is 21.0. The van der Waals surface area contributed by atoms with Crippen molar-refractivity contribution < 1.29 is 33.6 Å². The summed E-state index contributed by atoms with van der Waals surface area (Å²) in [4.78, 5) is 89.1. The Bertz CT molecular complexity index is 1210. The SMILES string of the molecule is CC(C)(C)CC(=O)CCCNC(=O)CCCC(CCCC(=O)CCCNC(=O)CC(C)(C)C)(CCC(=O)CCCNC(=O)CC(C)(C)C)NC(=O)CC(C)(C)C. The van der Waals surface area contributed by atoms with Gasteiger partial charge in [-0.15, -0.1) is 0 Å². The molecule has 1 atom stereocenters. The summed E-state index contributed by atoms with van der Waals surface area (Å²) in [6.45, 7) is 25.3. The number of carbonyl (C=O) groups excluding carboxylic acids is 7. The number of amides is 4. The zero-order valence-electron chi connectivity index (χ0n) is 37.7. The standard InChI is InChI=1S/C45H82N4O7/c1-41(2,3)30-36(52)21-17-27-46-37(53)22-14-25-45(49-40(56)33-44(10,11)12,26-23-35(51)20-16-29-48-39(55)32-43(7,8)9)24-13-18-34(50)19-15-28-47-38(54)31-42(4,5)6/h13-33H2,1-12H3,(H,46,53)(H,47,54)(H,48,55)(H,49,56). The van der Waals surface area contributed by atoms with Gasteiger partial charge in [0.1, 0.15) is 17.3 Å². The quantitative estimate of drug-likeness (QED) is 0.0581. The Hall–Kier alpha value is -3.11. The maximum atomic E-state index is 13.5. The molecule has 11 nitrogen and oxygen atoms in total. The van der Waals surface area contributed by atoms with Gasteiger partial charge in [0.25, 0.3) is 0 Å². The molecule has 324 valence electrons. The highest BCUT2D eigenvalue weighted by Crippen LogP contribution is 2.30. The minimum absolute atomic E-state index is 0.0274. The van der Waals surface area contributed by atoms with Gasteiger partial charge in [0, 0.05) is 89.4 Å². The van der Waals surface area contributed by atoms with Crippen molar-refractivity contribution >= 4 is 41.0 Å². The summed E-state index contributed by atoms with van der Waals surface area (Å²) < 4.78 is 0. The molecule has 1 unspecified atom stereocenters. The molecule has 0 fully saturated rings. The summed E-state index contributed by atoms with van der Waals surface area (Å²) in [7, 11) is 0. The summed E-state index contributed by atoms with van der Waals surface area (Å²) in [5.74, 6) is -0.0267. The number of carbonyl (C=O) groups is 7. The van der Waals surface area contributed by atoms with Gasteiger partial charge in [0.2, 0.25) is 23.6 Å². The first-order valence-electron chi connectivity index (χ1n) is 21.2. The summed E-state index contributed by atoms with van der Waals surface area (Å²) in [5.41, 5.74) is -1.36. The van der Waals surface area contributed by atoms with Crippen LogP contribution in [0.4, 0.5) is 0 Å². The van der Waals surface area contributed by atoms with Gasteiger partial charge in [-0.2, -0.15) is 0 Å². The summed E-state index contributed by atoms with van der Waals surface area (Å²) >= 11 is 0. The molecule has 0 bridgehead atoms. The van der Waals surface area contributed by atoms with Gasteiger partial charge in [-0.1, -0.05) is 83.1 Å². The van der Waals surface area contributed by atoms with Crippen molar-refractivity contribution in [2.24, 2.45) is 21.7 Å². The molecule has 0 heterocycles. The van der Waals surface area contributed by atoms with Crippen LogP contribution in [0, 0.1) is 21.7 Å². The van der Waals surface area contributed by atoms with E-state index in [2.05, 4.69) is 21.3 Å². The fourth-order valence-corrected chi connectivity index (χ4v) is 6.62. The Labute approximate surface area is 340 Å². The molecule has 0 aromatic carbocycles. The van der Waals surface area contributed by atoms with Gasteiger partial charge in [-0.25, -0.2) is 0 Å². The Kier molecular flexibility index (Phi) is 23.9. The fourth-order valence-electron chi connectivity index (χ4n) is 6.62. The maximum Gasteiger partial charge on any atom is 0.220 e. The van der Waals surface area contributed by atoms with Gasteiger partial charge in [-0.3, -0.25) is 33.6 Å². The molecule has 11 heteroatoms. The smallest absolute Gasteiger partial charge is 0.220 e. The van der Waals surface area contributed by atoms with Crippen LogP contribution in [0.5, 0.6) is 0 Å². The Morgan fingerprint density at radius 2 is 0.679 bits per heavy atom. The van der Waals surface area contributed by atoms with Crippen LogP contribution in [-0.2, 0) is 33.6 Å². The normalized spacial score (nSPS) is 13.4. The predicted octanol–water partition coefficient (Wildman–Crippen LogP) is 8.10. The lowest BCUT2D eigenvalue weighted by Crippen LogP contribution is -2.49. The molecule has 0 rings (SSSR count). The number of hydrogen-bond donors (Lipinski definition) is 4. The number of hydrogen-bond acceptors (Lipinski definition) is 7. The van der Waals surface area contributed by atoms with Crippen LogP contribution >= 0.6 is 0 Å². The molecule has 0 aromatic heterocycles. The third-order valence-electron chi connectivity index (χ3n) is 9.12.